The predicted molar refractivity (Wildman–Crippen MR) is 81.5 cm³/mol. The summed E-state index contributed by atoms with van der Waals surface area (Å²) in [5.41, 5.74) is 11.1. The highest BCUT2D eigenvalue weighted by molar-refractivity contribution is 5.81. The van der Waals surface area contributed by atoms with E-state index in [4.69, 9.17) is 10.5 Å². The van der Waals surface area contributed by atoms with Crippen LogP contribution in [0.3, 0.4) is 0 Å². The molecule has 0 radical (unpaired) electrons. The van der Waals surface area contributed by atoms with Gasteiger partial charge in [-0.25, -0.2) is 9.37 Å². The first-order valence-electron chi connectivity index (χ1n) is 6.59. The molecule has 0 amide bonds. The van der Waals surface area contributed by atoms with E-state index < -0.39 is 5.82 Å². The van der Waals surface area contributed by atoms with Crippen LogP contribution in [0.1, 0.15) is 11.1 Å². The zero-order valence-electron chi connectivity index (χ0n) is 12.1. The Morgan fingerprint density at radius 1 is 1.14 bits per heavy atom. The summed E-state index contributed by atoms with van der Waals surface area (Å²) in [5.74, 6) is -0.319. The van der Waals surface area contributed by atoms with E-state index in [2.05, 4.69) is 4.98 Å². The highest BCUT2D eigenvalue weighted by Crippen LogP contribution is 2.30. The van der Waals surface area contributed by atoms with Gasteiger partial charge in [-0.1, -0.05) is 0 Å². The fourth-order valence-corrected chi connectivity index (χ4v) is 2.38. The van der Waals surface area contributed by atoms with Gasteiger partial charge in [0.15, 0.2) is 11.6 Å². The van der Waals surface area contributed by atoms with Crippen molar-refractivity contribution >= 4 is 16.7 Å². The fourth-order valence-electron chi connectivity index (χ4n) is 2.38. The molecule has 0 aliphatic rings. The minimum absolute atomic E-state index is 0.157. The summed E-state index contributed by atoms with van der Waals surface area (Å²) in [6.07, 6.45) is 1.69. The molecule has 3 rings (SSSR count). The number of aryl methyl sites for hydroxylation is 2. The van der Waals surface area contributed by atoms with Crippen molar-refractivity contribution in [2.75, 3.05) is 12.8 Å². The molecule has 0 aliphatic carbocycles. The molecule has 2 aromatic carbocycles. The van der Waals surface area contributed by atoms with Gasteiger partial charge in [-0.05, 0) is 37.1 Å². The molecule has 21 heavy (non-hydrogen) atoms. The maximum atomic E-state index is 13.7. The van der Waals surface area contributed by atoms with Crippen LogP contribution < -0.4 is 10.5 Å². The molecule has 0 fully saturated rings. The Kier molecular flexibility index (Phi) is 3.05. The number of nitrogen functional groups attached to an aromatic ring is 1. The second kappa shape index (κ2) is 4.77. The Morgan fingerprint density at radius 3 is 2.57 bits per heavy atom. The molecule has 0 bridgehead atoms. The second-order valence-electron chi connectivity index (χ2n) is 5.09. The smallest absolute Gasteiger partial charge is 0.167 e. The van der Waals surface area contributed by atoms with Gasteiger partial charge in [0, 0.05) is 12.1 Å². The molecule has 2 N–H and O–H groups in total. The second-order valence-corrected chi connectivity index (χ2v) is 5.09. The third-order valence-electron chi connectivity index (χ3n) is 3.72. The molecule has 0 aliphatic heterocycles. The van der Waals surface area contributed by atoms with Crippen molar-refractivity contribution in [3.05, 3.63) is 47.5 Å². The van der Waals surface area contributed by atoms with Crippen molar-refractivity contribution < 1.29 is 9.13 Å². The lowest BCUT2D eigenvalue weighted by molar-refractivity contribution is 0.386. The fraction of sp³-hybridized carbons (Fsp3) is 0.188. The SMILES string of the molecule is COc1cc(-n2cnc3cc(C)c(C)cc32)c(N)cc1F. The summed E-state index contributed by atoms with van der Waals surface area (Å²) in [6.45, 7) is 4.09. The first kappa shape index (κ1) is 13.4. The van der Waals surface area contributed by atoms with Crippen molar-refractivity contribution in [2.24, 2.45) is 0 Å². The Balaban J connectivity index is 2.28. The number of aromatic nitrogens is 2. The lowest BCUT2D eigenvalue weighted by Gasteiger charge is -2.11. The average Bonchev–Trinajstić information content (AvgIpc) is 2.82. The molecule has 0 saturated carbocycles. The molecular formula is C16H16FN3O. The van der Waals surface area contributed by atoms with Crippen LogP contribution in [0.4, 0.5) is 10.1 Å². The van der Waals surface area contributed by atoms with Crippen LogP contribution in [0.15, 0.2) is 30.6 Å². The van der Waals surface area contributed by atoms with E-state index in [-0.39, 0.29) is 5.75 Å². The Hall–Kier alpha value is -2.56. The molecule has 3 aromatic rings. The number of hydrogen-bond donors (Lipinski definition) is 1. The number of imidazole rings is 1. The van der Waals surface area contributed by atoms with Crippen LogP contribution in [0.2, 0.25) is 0 Å². The standard InChI is InChI=1S/C16H16FN3O/c1-9-4-13-15(5-10(9)2)20(8-19-13)14-7-16(21-3)11(17)6-12(14)18/h4-8H,18H2,1-3H3. The first-order chi connectivity index (χ1) is 10.0. The number of methoxy groups -OCH3 is 1. The molecule has 1 heterocycles. The maximum absolute atomic E-state index is 13.7. The van der Waals surface area contributed by atoms with Crippen molar-refractivity contribution in [3.63, 3.8) is 0 Å². The van der Waals surface area contributed by atoms with E-state index in [1.807, 2.05) is 30.5 Å². The third-order valence-corrected chi connectivity index (χ3v) is 3.72. The van der Waals surface area contributed by atoms with Gasteiger partial charge in [0.2, 0.25) is 0 Å². The summed E-state index contributed by atoms with van der Waals surface area (Å²) < 4.78 is 20.5. The minimum Gasteiger partial charge on any atom is -0.494 e. The van der Waals surface area contributed by atoms with Crippen molar-refractivity contribution in [1.29, 1.82) is 0 Å². The largest absolute Gasteiger partial charge is 0.494 e. The molecular weight excluding hydrogens is 269 g/mol. The number of nitrogens with two attached hydrogens (primary N) is 1. The minimum atomic E-state index is -0.477. The number of anilines is 1. The number of fused-ring (bicyclic) bond motifs is 1. The Morgan fingerprint density at radius 2 is 1.86 bits per heavy atom. The van der Waals surface area contributed by atoms with Crippen LogP contribution in [0.5, 0.6) is 5.75 Å². The van der Waals surface area contributed by atoms with Gasteiger partial charge >= 0.3 is 0 Å². The topological polar surface area (TPSA) is 53.1 Å². The van der Waals surface area contributed by atoms with Crippen molar-refractivity contribution in [1.82, 2.24) is 9.55 Å². The van der Waals surface area contributed by atoms with Crippen LogP contribution in [-0.4, -0.2) is 16.7 Å². The normalized spacial score (nSPS) is 11.0. The van der Waals surface area contributed by atoms with Crippen LogP contribution in [-0.2, 0) is 0 Å². The molecule has 4 nitrogen and oxygen atoms in total. The summed E-state index contributed by atoms with van der Waals surface area (Å²) in [4.78, 5) is 4.39. The summed E-state index contributed by atoms with van der Waals surface area (Å²) in [6, 6.07) is 6.92. The van der Waals surface area contributed by atoms with E-state index in [0.29, 0.717) is 11.4 Å². The zero-order valence-corrected chi connectivity index (χ0v) is 12.1. The van der Waals surface area contributed by atoms with Gasteiger partial charge in [-0.15, -0.1) is 0 Å². The predicted octanol–water partition coefficient (Wildman–Crippen LogP) is 3.37. The molecule has 108 valence electrons. The summed E-state index contributed by atoms with van der Waals surface area (Å²) >= 11 is 0. The monoisotopic (exact) mass is 285 g/mol. The van der Waals surface area contributed by atoms with Gasteiger partial charge in [0.25, 0.3) is 0 Å². The van der Waals surface area contributed by atoms with Crippen LogP contribution in [0, 0.1) is 19.7 Å². The van der Waals surface area contributed by atoms with E-state index in [0.717, 1.165) is 16.6 Å². The molecule has 0 spiro atoms. The Labute approximate surface area is 122 Å². The van der Waals surface area contributed by atoms with Crippen LogP contribution >= 0.6 is 0 Å². The number of rotatable bonds is 2. The van der Waals surface area contributed by atoms with Gasteiger partial charge in [-0.3, -0.25) is 4.57 Å². The molecule has 0 atom stereocenters. The lowest BCUT2D eigenvalue weighted by atomic mass is 10.1. The highest BCUT2D eigenvalue weighted by atomic mass is 19.1. The van der Waals surface area contributed by atoms with Crippen molar-refractivity contribution in [3.8, 4) is 11.4 Å². The van der Waals surface area contributed by atoms with Gasteiger partial charge in [0.05, 0.1) is 29.5 Å². The quantitative estimate of drug-likeness (QED) is 0.734. The number of hydrogen-bond acceptors (Lipinski definition) is 3. The van der Waals surface area contributed by atoms with E-state index >= 15 is 0 Å². The summed E-state index contributed by atoms with van der Waals surface area (Å²) in [5, 5.41) is 0. The van der Waals surface area contributed by atoms with Gasteiger partial charge in [-0.2, -0.15) is 0 Å². The molecule has 0 saturated heterocycles. The molecule has 1 aromatic heterocycles. The number of nitrogens with zero attached hydrogens (tertiary/aromatic N) is 2. The average molecular weight is 285 g/mol. The lowest BCUT2D eigenvalue weighted by Crippen LogP contribution is -2.01. The third kappa shape index (κ3) is 2.11. The number of halogens is 1. The molecule has 5 heteroatoms. The Bertz CT molecular complexity index is 839. The number of ether oxygens (including phenoxy) is 1. The van der Waals surface area contributed by atoms with E-state index in [9.17, 15) is 4.39 Å². The molecule has 0 unspecified atom stereocenters. The summed E-state index contributed by atoms with van der Waals surface area (Å²) in [7, 11) is 1.43. The van der Waals surface area contributed by atoms with Crippen molar-refractivity contribution in [2.45, 2.75) is 13.8 Å². The highest BCUT2D eigenvalue weighted by Gasteiger charge is 2.13. The first-order valence-corrected chi connectivity index (χ1v) is 6.59. The zero-order chi connectivity index (χ0) is 15.1. The van der Waals surface area contributed by atoms with Gasteiger partial charge in [0.1, 0.15) is 6.33 Å². The van der Waals surface area contributed by atoms with E-state index in [1.54, 1.807) is 12.4 Å². The number of benzene rings is 2. The maximum Gasteiger partial charge on any atom is 0.167 e. The van der Waals surface area contributed by atoms with Crippen LogP contribution in [0.25, 0.3) is 16.7 Å². The van der Waals surface area contributed by atoms with Gasteiger partial charge < -0.3 is 10.5 Å². The van der Waals surface area contributed by atoms with E-state index in [1.165, 1.54) is 18.7 Å².